The summed E-state index contributed by atoms with van der Waals surface area (Å²) in [6.07, 6.45) is -0.863. The number of nitrogens with zero attached hydrogens (tertiary/aromatic N) is 2. The van der Waals surface area contributed by atoms with Gasteiger partial charge in [-0.3, -0.25) is 9.69 Å². The van der Waals surface area contributed by atoms with E-state index in [9.17, 15) is 9.90 Å². The zero-order valence-electron chi connectivity index (χ0n) is 11.8. The second kappa shape index (κ2) is 8.02. The van der Waals surface area contributed by atoms with Crippen LogP contribution in [0.25, 0.3) is 0 Å². The number of hydrogen-bond acceptors (Lipinski definition) is 4. The van der Waals surface area contributed by atoms with E-state index in [-0.39, 0.29) is 5.91 Å². The van der Waals surface area contributed by atoms with Crippen LogP contribution in [-0.4, -0.2) is 71.1 Å². The Hall–Kier alpha value is -0.260. The average molecular weight is 274 g/mol. The van der Waals surface area contributed by atoms with Gasteiger partial charge in [-0.25, -0.2) is 0 Å². The first-order valence-corrected chi connectivity index (χ1v) is 7.93. The van der Waals surface area contributed by atoms with Crippen molar-refractivity contribution in [3.05, 3.63) is 0 Å². The Morgan fingerprint density at radius 1 is 1.22 bits per heavy atom. The highest BCUT2D eigenvalue weighted by molar-refractivity contribution is 7.99. The van der Waals surface area contributed by atoms with Gasteiger partial charge in [-0.2, -0.15) is 11.8 Å². The molecule has 0 aliphatic carbocycles. The van der Waals surface area contributed by atoms with Crippen LogP contribution in [0.15, 0.2) is 0 Å². The molecule has 1 fully saturated rings. The van der Waals surface area contributed by atoms with Crippen LogP contribution in [0.5, 0.6) is 0 Å². The van der Waals surface area contributed by atoms with Gasteiger partial charge in [-0.1, -0.05) is 13.8 Å². The van der Waals surface area contributed by atoms with Crippen molar-refractivity contribution in [1.29, 1.82) is 0 Å². The maximum absolute atomic E-state index is 11.6. The highest BCUT2D eigenvalue weighted by Crippen LogP contribution is 2.09. The summed E-state index contributed by atoms with van der Waals surface area (Å²) < 4.78 is 0. The molecule has 0 saturated carbocycles. The highest BCUT2D eigenvalue weighted by atomic mass is 32.2. The van der Waals surface area contributed by atoms with E-state index in [1.165, 1.54) is 18.4 Å². The first kappa shape index (κ1) is 15.8. The molecule has 1 amide bonds. The van der Waals surface area contributed by atoms with Crippen molar-refractivity contribution >= 4 is 17.7 Å². The monoisotopic (exact) mass is 274 g/mol. The lowest BCUT2D eigenvalue weighted by Gasteiger charge is -2.35. The Bertz CT molecular complexity index is 251. The molecule has 1 unspecified atom stereocenters. The van der Waals surface area contributed by atoms with Gasteiger partial charge in [0.15, 0.2) is 0 Å². The summed E-state index contributed by atoms with van der Waals surface area (Å²) in [5, 5.41) is 9.26. The van der Waals surface area contributed by atoms with Crippen LogP contribution >= 0.6 is 11.8 Å². The van der Waals surface area contributed by atoms with Crippen LogP contribution in [0.4, 0.5) is 0 Å². The van der Waals surface area contributed by atoms with E-state index in [0.717, 1.165) is 38.6 Å². The summed E-state index contributed by atoms with van der Waals surface area (Å²) in [6.45, 7) is 10.5. The molecule has 0 bridgehead atoms. The summed E-state index contributed by atoms with van der Waals surface area (Å²) in [7, 11) is 0. The minimum atomic E-state index is -0.863. The molecule has 1 heterocycles. The molecule has 1 N–H and O–H groups in total. The van der Waals surface area contributed by atoms with Crippen molar-refractivity contribution in [2.24, 2.45) is 5.92 Å². The summed E-state index contributed by atoms with van der Waals surface area (Å²) >= 11 is 2.00. The van der Waals surface area contributed by atoms with E-state index in [0.29, 0.717) is 0 Å². The van der Waals surface area contributed by atoms with Crippen molar-refractivity contribution < 1.29 is 9.90 Å². The summed E-state index contributed by atoms with van der Waals surface area (Å²) in [4.78, 5) is 15.8. The number of aliphatic hydroxyl groups excluding tert-OH is 1. The molecular formula is C13H26N2O2S. The summed E-state index contributed by atoms with van der Waals surface area (Å²) in [5.74, 6) is 3.02. The van der Waals surface area contributed by atoms with Crippen molar-refractivity contribution in [3.63, 3.8) is 0 Å². The van der Waals surface area contributed by atoms with E-state index < -0.39 is 6.10 Å². The maximum atomic E-state index is 11.6. The number of aliphatic hydroxyl groups is 1. The zero-order chi connectivity index (χ0) is 13.5. The van der Waals surface area contributed by atoms with Gasteiger partial charge in [-0.05, 0) is 18.6 Å². The number of amides is 1. The Labute approximate surface area is 115 Å². The van der Waals surface area contributed by atoms with Crippen LogP contribution in [-0.2, 0) is 4.79 Å². The fraction of sp³-hybridized carbons (Fsp3) is 0.923. The SMILES string of the molecule is CC(C)CSCCN1CCN(C(=O)C(C)O)CC1. The third-order valence-electron chi connectivity index (χ3n) is 3.04. The molecular weight excluding hydrogens is 248 g/mol. The quantitative estimate of drug-likeness (QED) is 0.731. The largest absolute Gasteiger partial charge is 0.384 e. The standard InChI is InChI=1S/C13H26N2O2S/c1-11(2)10-18-9-8-14-4-6-15(7-5-14)13(17)12(3)16/h11-12,16H,4-10H2,1-3H3. The van der Waals surface area contributed by atoms with E-state index in [1.807, 2.05) is 11.8 Å². The van der Waals surface area contributed by atoms with Crippen LogP contribution in [0.3, 0.4) is 0 Å². The van der Waals surface area contributed by atoms with Crippen LogP contribution < -0.4 is 0 Å². The van der Waals surface area contributed by atoms with Gasteiger partial charge in [0.05, 0.1) is 0 Å². The van der Waals surface area contributed by atoms with Gasteiger partial charge in [0, 0.05) is 38.5 Å². The van der Waals surface area contributed by atoms with Crippen molar-refractivity contribution in [2.75, 3.05) is 44.2 Å². The van der Waals surface area contributed by atoms with Gasteiger partial charge >= 0.3 is 0 Å². The fourth-order valence-electron chi connectivity index (χ4n) is 1.97. The van der Waals surface area contributed by atoms with Gasteiger partial charge in [0.1, 0.15) is 6.10 Å². The number of carbonyl (C=O) groups excluding carboxylic acids is 1. The van der Waals surface area contributed by atoms with Crippen molar-refractivity contribution in [2.45, 2.75) is 26.9 Å². The summed E-state index contributed by atoms with van der Waals surface area (Å²) in [6, 6.07) is 0. The third kappa shape index (κ3) is 5.59. The van der Waals surface area contributed by atoms with Crippen LogP contribution in [0.1, 0.15) is 20.8 Å². The van der Waals surface area contributed by atoms with E-state index >= 15 is 0 Å². The van der Waals surface area contributed by atoms with Gasteiger partial charge in [-0.15, -0.1) is 0 Å². The molecule has 0 aromatic carbocycles. The lowest BCUT2D eigenvalue weighted by molar-refractivity contribution is -0.141. The second-order valence-electron chi connectivity index (χ2n) is 5.31. The number of hydrogen-bond donors (Lipinski definition) is 1. The molecule has 1 aliphatic rings. The highest BCUT2D eigenvalue weighted by Gasteiger charge is 2.23. The average Bonchev–Trinajstić information content (AvgIpc) is 2.34. The summed E-state index contributed by atoms with van der Waals surface area (Å²) in [5.41, 5.74) is 0. The molecule has 1 saturated heterocycles. The molecule has 1 rings (SSSR count). The lowest BCUT2D eigenvalue weighted by atomic mass is 10.2. The minimum Gasteiger partial charge on any atom is -0.384 e. The zero-order valence-corrected chi connectivity index (χ0v) is 12.6. The third-order valence-corrected chi connectivity index (χ3v) is 4.42. The van der Waals surface area contributed by atoms with Gasteiger partial charge in [0.25, 0.3) is 5.91 Å². The Morgan fingerprint density at radius 3 is 2.33 bits per heavy atom. The van der Waals surface area contributed by atoms with E-state index in [4.69, 9.17) is 0 Å². The molecule has 1 aliphatic heterocycles. The molecule has 0 radical (unpaired) electrons. The predicted octanol–water partition coefficient (Wildman–Crippen LogP) is 0.901. The Balaban J connectivity index is 2.14. The Morgan fingerprint density at radius 2 is 1.83 bits per heavy atom. The van der Waals surface area contributed by atoms with E-state index in [2.05, 4.69) is 18.7 Å². The topological polar surface area (TPSA) is 43.8 Å². The lowest BCUT2D eigenvalue weighted by Crippen LogP contribution is -2.51. The smallest absolute Gasteiger partial charge is 0.251 e. The van der Waals surface area contributed by atoms with Crippen molar-refractivity contribution in [1.82, 2.24) is 9.80 Å². The number of piperazine rings is 1. The minimum absolute atomic E-state index is 0.135. The predicted molar refractivity (Wildman–Crippen MR) is 76.9 cm³/mol. The molecule has 0 aromatic rings. The van der Waals surface area contributed by atoms with E-state index in [1.54, 1.807) is 4.90 Å². The molecule has 106 valence electrons. The second-order valence-corrected chi connectivity index (χ2v) is 6.46. The maximum Gasteiger partial charge on any atom is 0.251 e. The first-order valence-electron chi connectivity index (χ1n) is 6.77. The Kier molecular flexibility index (Phi) is 7.04. The first-order chi connectivity index (χ1) is 8.50. The number of thioether (sulfide) groups is 1. The van der Waals surface area contributed by atoms with Crippen LogP contribution in [0, 0.1) is 5.92 Å². The van der Waals surface area contributed by atoms with Gasteiger partial charge < -0.3 is 10.0 Å². The van der Waals surface area contributed by atoms with Crippen molar-refractivity contribution in [3.8, 4) is 0 Å². The molecule has 18 heavy (non-hydrogen) atoms. The molecule has 5 heteroatoms. The number of rotatable bonds is 6. The number of carbonyl (C=O) groups is 1. The normalized spacial score (nSPS) is 19.3. The molecule has 4 nitrogen and oxygen atoms in total. The molecule has 1 atom stereocenters. The molecule has 0 spiro atoms. The van der Waals surface area contributed by atoms with Gasteiger partial charge in [0.2, 0.25) is 0 Å². The molecule has 0 aromatic heterocycles. The fourth-order valence-corrected chi connectivity index (χ4v) is 2.99. The van der Waals surface area contributed by atoms with Crippen LogP contribution in [0.2, 0.25) is 0 Å².